The second-order valence-electron chi connectivity index (χ2n) is 22.9. The maximum atomic E-state index is 6.38. The molecule has 1 aliphatic heterocycles. The van der Waals surface area contributed by atoms with E-state index in [1.54, 1.807) is 5.57 Å². The van der Waals surface area contributed by atoms with E-state index in [2.05, 4.69) is 227 Å². The average Bonchev–Trinajstić information content (AvgIpc) is 4.19. The second-order valence-corrected chi connectivity index (χ2v) is 24.0. The zero-order valence-corrected chi connectivity index (χ0v) is 45.6. The highest BCUT2D eigenvalue weighted by Crippen LogP contribution is 2.50. The number of rotatable bonds is 6. The van der Waals surface area contributed by atoms with Crippen molar-refractivity contribution in [3.05, 3.63) is 237 Å². The van der Waals surface area contributed by atoms with Crippen LogP contribution in [0.2, 0.25) is 0 Å². The van der Waals surface area contributed by atoms with Crippen molar-refractivity contribution in [1.82, 2.24) is 14.1 Å². The highest BCUT2D eigenvalue weighted by Gasteiger charge is 2.35. The van der Waals surface area contributed by atoms with Gasteiger partial charge in [0.05, 0.1) is 28.3 Å². The third kappa shape index (κ3) is 7.48. The first kappa shape index (κ1) is 46.3. The molecule has 15 rings (SSSR count). The molecule has 5 aliphatic rings. The van der Waals surface area contributed by atoms with Crippen LogP contribution >= 0.6 is 11.3 Å². The van der Waals surface area contributed by atoms with Gasteiger partial charge in [-0.3, -0.25) is 0 Å². The van der Waals surface area contributed by atoms with Gasteiger partial charge < -0.3 is 13.9 Å². The molecule has 0 N–H and O–H groups in total. The Bertz CT molecular complexity index is 4360. The monoisotopic (exact) mass is 1020 g/mol. The van der Waals surface area contributed by atoms with Crippen LogP contribution in [-0.4, -0.2) is 14.1 Å². The highest BCUT2D eigenvalue weighted by atomic mass is 32.1. The Labute approximate surface area is 455 Å². The largest absolute Gasteiger partial charge is 0.461 e. The zero-order valence-electron chi connectivity index (χ0n) is 44.7. The number of thiophene rings is 1. The predicted molar refractivity (Wildman–Crippen MR) is 324 cm³/mol. The van der Waals surface area contributed by atoms with E-state index < -0.39 is 0 Å². The lowest BCUT2D eigenvalue weighted by molar-refractivity contribution is 0.425. The zero-order chi connectivity index (χ0) is 51.8. The van der Waals surface area contributed by atoms with Gasteiger partial charge in [-0.05, 0) is 191 Å². The molecule has 0 saturated heterocycles. The van der Waals surface area contributed by atoms with Gasteiger partial charge in [0.2, 0.25) is 0 Å². The molecule has 0 amide bonds. The Kier molecular flexibility index (Phi) is 10.7. The normalized spacial score (nSPS) is 19.7. The minimum absolute atomic E-state index is 0.204. The van der Waals surface area contributed by atoms with E-state index in [-0.39, 0.29) is 11.8 Å². The molecule has 0 bridgehead atoms. The van der Waals surface area contributed by atoms with Gasteiger partial charge in [-0.15, -0.1) is 11.3 Å². The molecule has 4 unspecified atom stereocenters. The van der Waals surface area contributed by atoms with E-state index in [0.717, 1.165) is 66.1 Å². The molecule has 4 aliphatic carbocycles. The highest BCUT2D eigenvalue weighted by molar-refractivity contribution is 7.25. The lowest BCUT2D eigenvalue weighted by Gasteiger charge is -2.28. The van der Waals surface area contributed by atoms with Crippen LogP contribution in [0.5, 0.6) is 5.75 Å². The molecule has 0 fully saturated rings. The molecule has 0 saturated carbocycles. The van der Waals surface area contributed by atoms with Crippen LogP contribution in [0.15, 0.2) is 186 Å². The number of allylic oxidation sites excluding steroid dienone is 10. The van der Waals surface area contributed by atoms with E-state index >= 15 is 0 Å². The summed E-state index contributed by atoms with van der Waals surface area (Å²) in [5.74, 6) is 3.45. The number of para-hydroxylation sites is 1. The number of fused-ring (bicyclic) bond motifs is 12. The number of ether oxygens (including phenoxy) is 1. The Hall–Kier alpha value is -7.99. The topological polar surface area (TPSA) is 32.0 Å². The molecule has 4 aromatic heterocycles. The number of hydrogen-bond donors (Lipinski definition) is 0. The van der Waals surface area contributed by atoms with Gasteiger partial charge in [-0.2, -0.15) is 0 Å². The fourth-order valence-electron chi connectivity index (χ4n) is 14.8. The van der Waals surface area contributed by atoms with E-state index in [1.807, 2.05) is 11.3 Å². The lowest BCUT2D eigenvalue weighted by Crippen LogP contribution is -2.15. The van der Waals surface area contributed by atoms with Crippen molar-refractivity contribution < 1.29 is 4.74 Å². The van der Waals surface area contributed by atoms with E-state index in [1.165, 1.54) is 115 Å². The van der Waals surface area contributed by atoms with E-state index in [9.17, 15) is 0 Å². The molecule has 5 heteroatoms. The molecule has 4 nitrogen and oxygen atoms in total. The molecular formula is C72H61N3OS. The molecule has 0 spiro atoms. The SMILES string of the molecule is CC1=CC(C)=C(C2C=Cc3c(c4cc(-c5cccc(-c6ccc7c(c6)c6c(n7C7=CC=C8Oc9ccccc9C8C7)C=CC(c7c(C)cc(C)cc7C)C6)n5)ccc4n3-c3ccc4sc5ccccc5c4c3)CC2)C(C)C1. The minimum atomic E-state index is 0.204. The maximum Gasteiger partial charge on any atom is 0.130 e. The van der Waals surface area contributed by atoms with Gasteiger partial charge in [0, 0.05) is 82.7 Å². The Balaban J connectivity index is 0.837. The average molecular weight is 1020 g/mol. The summed E-state index contributed by atoms with van der Waals surface area (Å²) < 4.78 is 14.1. The molecule has 10 aromatic rings. The van der Waals surface area contributed by atoms with Crippen LogP contribution in [0.4, 0.5) is 0 Å². The summed E-state index contributed by atoms with van der Waals surface area (Å²) in [4.78, 5) is 5.55. The number of aryl methyl sites for hydroxylation is 4. The summed E-state index contributed by atoms with van der Waals surface area (Å²) >= 11 is 1.88. The van der Waals surface area contributed by atoms with Crippen molar-refractivity contribution >= 4 is 71.2 Å². The molecule has 77 heavy (non-hydrogen) atoms. The van der Waals surface area contributed by atoms with Crippen LogP contribution in [0.1, 0.15) is 102 Å². The van der Waals surface area contributed by atoms with E-state index in [0.29, 0.717) is 11.8 Å². The van der Waals surface area contributed by atoms with Crippen molar-refractivity contribution in [2.45, 2.75) is 85.5 Å². The predicted octanol–water partition coefficient (Wildman–Crippen LogP) is 19.1. The van der Waals surface area contributed by atoms with Gasteiger partial charge in [0.15, 0.2) is 0 Å². The molecule has 6 aromatic carbocycles. The van der Waals surface area contributed by atoms with Crippen molar-refractivity contribution in [3.63, 3.8) is 0 Å². The number of benzene rings is 6. The van der Waals surface area contributed by atoms with Crippen molar-refractivity contribution in [3.8, 4) is 34.0 Å². The Morgan fingerprint density at radius 1 is 0.597 bits per heavy atom. The van der Waals surface area contributed by atoms with Crippen LogP contribution in [0, 0.1) is 32.6 Å². The molecule has 4 atom stereocenters. The quantitative estimate of drug-likeness (QED) is 0.166. The van der Waals surface area contributed by atoms with Gasteiger partial charge in [-0.25, -0.2) is 4.98 Å². The lowest BCUT2D eigenvalue weighted by atomic mass is 9.77. The first-order valence-corrected chi connectivity index (χ1v) is 28.7. The summed E-state index contributed by atoms with van der Waals surface area (Å²) in [5, 5.41) is 5.25. The molecule has 0 radical (unpaired) electrons. The Morgan fingerprint density at radius 2 is 1.30 bits per heavy atom. The summed E-state index contributed by atoms with van der Waals surface area (Å²) in [6.07, 6.45) is 21.8. The second kappa shape index (κ2) is 17.8. The number of pyridine rings is 1. The van der Waals surface area contributed by atoms with Crippen LogP contribution in [0.25, 0.3) is 88.0 Å². The van der Waals surface area contributed by atoms with Crippen LogP contribution in [-0.2, 0) is 12.8 Å². The summed E-state index contributed by atoms with van der Waals surface area (Å²) in [6.45, 7) is 13.8. The first-order chi connectivity index (χ1) is 37.6. The van der Waals surface area contributed by atoms with E-state index in [4.69, 9.17) is 9.72 Å². The fourth-order valence-corrected chi connectivity index (χ4v) is 15.9. The summed E-state index contributed by atoms with van der Waals surface area (Å²) in [6, 6.07) is 50.0. The third-order valence-corrected chi connectivity index (χ3v) is 19.0. The number of nitrogens with zero attached hydrogens (tertiary/aromatic N) is 3. The van der Waals surface area contributed by atoms with Crippen molar-refractivity contribution in [1.29, 1.82) is 0 Å². The fraction of sp³-hybridized carbons (Fsp3) is 0.208. The molecule has 376 valence electrons. The van der Waals surface area contributed by atoms with Gasteiger partial charge >= 0.3 is 0 Å². The van der Waals surface area contributed by atoms with Crippen LogP contribution < -0.4 is 4.74 Å². The van der Waals surface area contributed by atoms with Gasteiger partial charge in [0.25, 0.3) is 0 Å². The molecular weight excluding hydrogens is 955 g/mol. The summed E-state index contributed by atoms with van der Waals surface area (Å²) in [7, 11) is 0. The summed E-state index contributed by atoms with van der Waals surface area (Å²) in [5.41, 5.74) is 25.9. The van der Waals surface area contributed by atoms with Crippen molar-refractivity contribution in [2.75, 3.05) is 0 Å². The van der Waals surface area contributed by atoms with Crippen LogP contribution in [0.3, 0.4) is 0 Å². The molecule has 5 heterocycles. The van der Waals surface area contributed by atoms with Gasteiger partial charge in [0.1, 0.15) is 11.5 Å². The first-order valence-electron chi connectivity index (χ1n) is 27.8. The Morgan fingerprint density at radius 3 is 2.09 bits per heavy atom. The number of hydrogen-bond acceptors (Lipinski definition) is 3. The van der Waals surface area contributed by atoms with Crippen molar-refractivity contribution in [2.24, 2.45) is 11.8 Å². The minimum Gasteiger partial charge on any atom is -0.461 e. The maximum absolute atomic E-state index is 6.38. The third-order valence-electron chi connectivity index (χ3n) is 17.9. The number of aromatic nitrogens is 3. The smallest absolute Gasteiger partial charge is 0.130 e. The van der Waals surface area contributed by atoms with Gasteiger partial charge in [-0.1, -0.05) is 114 Å². The standard InChI is InChI=1S/C72H61N3OS/c1-41-32-43(3)71(44(4)33-41)47-18-25-53-56-36-48(20-27-64(56)74(63(53)26-19-47)52-24-31-70-60(40-52)55-13-8-10-17-69(55)77-70)61-14-11-15-62(73-61)49-21-28-65-57(37-49)58-38-50(72-45(5)34-42(2)35-46(72)6)22-29-66(58)75(65)51-23-30-68-59(39-51)54-12-7-9-16-67(54)76-68/h7-17,19-24,26-32,34-37,40,44,47,50,59H,18,25,33,38-39H2,1-6H3.